The number of hydrogen-bond acceptors (Lipinski definition) is 15. The van der Waals surface area contributed by atoms with Crippen LogP contribution in [-0.2, 0) is 65.4 Å². The SMILES string of the molecule is CC/C=C\C/C=C\C/C=C\C/C=C\C/C=C\CCCC(=O)OCC(COP(=O)(O)OCC(O)COP(=O)(O)OCC(COC(=O)CCCCCCCCC/C=C\C/C=C\C/C=C\CC)OC(=O)CCCCCCCCCCCCCCC)OC(=O)CCCCCCCCCCCCCCCCC. The van der Waals surface area contributed by atoms with Crippen molar-refractivity contribution < 1.29 is 80.2 Å². The number of phosphoric ester groups is 2. The van der Waals surface area contributed by atoms with Gasteiger partial charge in [-0.3, -0.25) is 37.3 Å². The fourth-order valence-electron chi connectivity index (χ4n) is 11.0. The molecule has 0 saturated carbocycles. The Morgan fingerprint density at radius 3 is 0.824 bits per heavy atom. The highest BCUT2D eigenvalue weighted by Crippen LogP contribution is 2.45. The quantitative estimate of drug-likeness (QED) is 0.0169. The number of phosphoric acid groups is 2. The zero-order valence-corrected chi connectivity index (χ0v) is 66.3. The molecule has 0 aliphatic rings. The van der Waals surface area contributed by atoms with Crippen LogP contribution in [0, 0.1) is 0 Å². The molecule has 5 atom stereocenters. The van der Waals surface area contributed by atoms with Gasteiger partial charge >= 0.3 is 39.5 Å². The maximum absolute atomic E-state index is 13.1. The van der Waals surface area contributed by atoms with Crippen molar-refractivity contribution in [2.24, 2.45) is 0 Å². The average molecular weight is 1480 g/mol. The first-order chi connectivity index (χ1) is 49.7. The highest BCUT2D eigenvalue weighted by atomic mass is 31.2. The number of unbranched alkanes of at least 4 members (excludes halogenated alkanes) is 34. The molecule has 19 heteroatoms. The largest absolute Gasteiger partial charge is 0.472 e. The van der Waals surface area contributed by atoms with Gasteiger partial charge in [0.15, 0.2) is 12.2 Å². The Morgan fingerprint density at radius 2 is 0.520 bits per heavy atom. The van der Waals surface area contributed by atoms with E-state index < -0.39 is 97.5 Å². The fraction of sp³-hybridized carbons (Fsp3) is 0.759. The molecule has 590 valence electrons. The van der Waals surface area contributed by atoms with E-state index >= 15 is 0 Å². The van der Waals surface area contributed by atoms with Crippen molar-refractivity contribution in [3.63, 3.8) is 0 Å². The molecular weight excluding hydrogens is 1330 g/mol. The standard InChI is InChI=1S/C83H146O17P2/c1-5-9-13-17-21-25-29-33-36-38-41-44-47-51-55-59-63-67-80(85)93-73-78(99-82(87)69-65-61-57-53-49-43-32-28-24-20-16-12-8-4)75-97-101(89,90)95-71-77(84)72-96-102(91,92)98-76-79(100-83(88)70-66-62-58-54-50-46-40-35-31-27-23-19-15-11-7-3)74-94-81(86)68-64-60-56-52-48-45-42-39-37-34-30-26-22-18-14-10-6-2/h9-10,13-14,21-22,25-26,33-34,36-37,42,45,52,56,77-79,84H,5-8,11-12,15-20,23-24,27-32,35,38-41,43-44,46-51,53-55,57-76H2,1-4H3,(H,89,90)(H,91,92)/b13-9-,14-10-,25-21-,26-22-,36-33-,37-34-,45-42-,56-52-. The predicted molar refractivity (Wildman–Crippen MR) is 418 cm³/mol. The number of esters is 4. The van der Waals surface area contributed by atoms with Gasteiger partial charge < -0.3 is 33.8 Å². The van der Waals surface area contributed by atoms with Crippen LogP contribution < -0.4 is 0 Å². The van der Waals surface area contributed by atoms with Crippen molar-refractivity contribution in [2.75, 3.05) is 39.6 Å². The smallest absolute Gasteiger partial charge is 0.462 e. The van der Waals surface area contributed by atoms with Crippen molar-refractivity contribution >= 4 is 39.5 Å². The molecule has 0 aliphatic carbocycles. The minimum absolute atomic E-state index is 0.0856. The van der Waals surface area contributed by atoms with Crippen LogP contribution >= 0.6 is 15.6 Å². The summed E-state index contributed by atoms with van der Waals surface area (Å²) in [5, 5.41) is 10.6. The maximum atomic E-state index is 13.1. The lowest BCUT2D eigenvalue weighted by Crippen LogP contribution is -2.30. The zero-order chi connectivity index (χ0) is 74.6. The van der Waals surface area contributed by atoms with Crippen molar-refractivity contribution in [2.45, 2.75) is 367 Å². The minimum atomic E-state index is -4.99. The molecule has 0 aliphatic heterocycles. The number of aliphatic hydroxyl groups excluding tert-OH is 1. The van der Waals surface area contributed by atoms with Crippen LogP contribution in [0.25, 0.3) is 0 Å². The van der Waals surface area contributed by atoms with E-state index in [1.165, 1.54) is 116 Å². The first-order valence-electron chi connectivity index (χ1n) is 40.5. The lowest BCUT2D eigenvalue weighted by atomic mass is 10.0. The van der Waals surface area contributed by atoms with Crippen LogP contribution in [-0.4, -0.2) is 96.7 Å². The summed E-state index contributed by atoms with van der Waals surface area (Å²) in [4.78, 5) is 73.0. The Morgan fingerprint density at radius 1 is 0.284 bits per heavy atom. The first-order valence-corrected chi connectivity index (χ1v) is 43.5. The summed E-state index contributed by atoms with van der Waals surface area (Å²) in [6, 6.07) is 0. The minimum Gasteiger partial charge on any atom is -0.462 e. The van der Waals surface area contributed by atoms with Gasteiger partial charge in [-0.1, -0.05) is 324 Å². The molecule has 0 heterocycles. The van der Waals surface area contributed by atoms with E-state index in [0.717, 1.165) is 148 Å². The molecule has 0 aromatic carbocycles. The number of carbonyl (C=O) groups is 4. The van der Waals surface area contributed by atoms with Gasteiger partial charge in [0.25, 0.3) is 0 Å². The molecule has 0 radical (unpaired) electrons. The summed E-state index contributed by atoms with van der Waals surface area (Å²) < 4.78 is 68.6. The van der Waals surface area contributed by atoms with E-state index in [1.54, 1.807) is 0 Å². The van der Waals surface area contributed by atoms with Crippen LogP contribution in [0.1, 0.15) is 349 Å². The molecule has 0 amide bonds. The van der Waals surface area contributed by atoms with Crippen molar-refractivity contribution in [1.29, 1.82) is 0 Å². The Kier molecular flexibility index (Phi) is 72.3. The highest BCUT2D eigenvalue weighted by molar-refractivity contribution is 7.47. The van der Waals surface area contributed by atoms with Gasteiger partial charge in [0, 0.05) is 25.7 Å². The normalized spacial score (nSPS) is 14.4. The molecule has 0 spiro atoms. The number of hydrogen-bond donors (Lipinski definition) is 3. The number of allylic oxidation sites excluding steroid dienone is 16. The van der Waals surface area contributed by atoms with Gasteiger partial charge in [-0.05, 0) is 96.3 Å². The topological polar surface area (TPSA) is 237 Å². The predicted octanol–water partition coefficient (Wildman–Crippen LogP) is 23.6. The Hall–Kier alpha value is -4.02. The van der Waals surface area contributed by atoms with Crippen LogP contribution in [0.15, 0.2) is 97.2 Å². The van der Waals surface area contributed by atoms with Crippen molar-refractivity contribution in [1.82, 2.24) is 0 Å². The molecule has 0 bridgehead atoms. The molecule has 0 rings (SSSR count). The third-order valence-electron chi connectivity index (χ3n) is 17.1. The molecule has 0 aromatic heterocycles. The second-order valence-electron chi connectivity index (χ2n) is 27.0. The molecule has 0 aromatic rings. The number of aliphatic hydroxyl groups is 1. The molecule has 0 fully saturated rings. The fourth-order valence-corrected chi connectivity index (χ4v) is 12.6. The third kappa shape index (κ3) is 74.3. The van der Waals surface area contributed by atoms with Gasteiger partial charge in [0.05, 0.1) is 26.4 Å². The summed E-state index contributed by atoms with van der Waals surface area (Å²) in [7, 11) is -9.96. The summed E-state index contributed by atoms with van der Waals surface area (Å²) >= 11 is 0. The summed E-state index contributed by atoms with van der Waals surface area (Å²) in [5.41, 5.74) is 0. The van der Waals surface area contributed by atoms with Gasteiger partial charge in [-0.2, -0.15) is 0 Å². The Balaban J connectivity index is 5.37. The van der Waals surface area contributed by atoms with E-state index in [4.69, 9.17) is 37.0 Å². The number of carbonyl (C=O) groups excluding carboxylic acids is 4. The van der Waals surface area contributed by atoms with E-state index in [0.29, 0.717) is 32.1 Å². The van der Waals surface area contributed by atoms with E-state index in [1.807, 2.05) is 12.2 Å². The third-order valence-corrected chi connectivity index (χ3v) is 19.0. The second kappa shape index (κ2) is 75.2. The van der Waals surface area contributed by atoms with Gasteiger partial charge in [0.2, 0.25) is 0 Å². The van der Waals surface area contributed by atoms with E-state index in [-0.39, 0.29) is 25.7 Å². The van der Waals surface area contributed by atoms with Gasteiger partial charge in [0.1, 0.15) is 19.3 Å². The maximum Gasteiger partial charge on any atom is 0.472 e. The average Bonchev–Trinajstić information content (AvgIpc) is 0.939. The molecule has 0 saturated heterocycles. The summed E-state index contributed by atoms with van der Waals surface area (Å²) in [6.07, 6.45) is 79.6. The molecule has 3 N–H and O–H groups in total. The lowest BCUT2D eigenvalue weighted by molar-refractivity contribution is -0.161. The van der Waals surface area contributed by atoms with Crippen LogP contribution in [0.2, 0.25) is 0 Å². The molecule has 17 nitrogen and oxygen atoms in total. The molecule has 5 unspecified atom stereocenters. The van der Waals surface area contributed by atoms with Crippen molar-refractivity contribution in [3.8, 4) is 0 Å². The van der Waals surface area contributed by atoms with E-state index in [9.17, 15) is 43.2 Å². The van der Waals surface area contributed by atoms with Crippen LogP contribution in [0.5, 0.6) is 0 Å². The van der Waals surface area contributed by atoms with Crippen LogP contribution in [0.3, 0.4) is 0 Å². The number of rotatable bonds is 76. The second-order valence-corrected chi connectivity index (χ2v) is 29.9. The highest BCUT2D eigenvalue weighted by Gasteiger charge is 2.30. The van der Waals surface area contributed by atoms with E-state index in [2.05, 4.69) is 113 Å². The number of ether oxygens (including phenoxy) is 4. The van der Waals surface area contributed by atoms with Gasteiger partial charge in [-0.15, -0.1) is 0 Å². The Labute approximate surface area is 620 Å². The van der Waals surface area contributed by atoms with Crippen molar-refractivity contribution in [3.05, 3.63) is 97.2 Å². The molecular formula is C83H146O17P2. The summed E-state index contributed by atoms with van der Waals surface area (Å²) in [5.74, 6) is -2.23. The monoisotopic (exact) mass is 1480 g/mol. The first kappa shape index (κ1) is 98.0. The lowest BCUT2D eigenvalue weighted by Gasteiger charge is -2.21. The zero-order valence-electron chi connectivity index (χ0n) is 64.5. The molecule has 102 heavy (non-hydrogen) atoms. The van der Waals surface area contributed by atoms with Gasteiger partial charge in [-0.25, -0.2) is 9.13 Å². The summed E-state index contributed by atoms with van der Waals surface area (Å²) in [6.45, 7) is 4.64. The van der Waals surface area contributed by atoms with Crippen LogP contribution in [0.4, 0.5) is 0 Å². The Bertz CT molecular complexity index is 2310.